The van der Waals surface area contributed by atoms with Crippen molar-refractivity contribution in [2.45, 2.75) is 71.7 Å². The summed E-state index contributed by atoms with van der Waals surface area (Å²) in [5.74, 6) is -0.671. The third kappa shape index (κ3) is 3.30. The molecule has 28 heavy (non-hydrogen) atoms. The number of aliphatic hydroxyl groups is 2. The van der Waals surface area contributed by atoms with Crippen LogP contribution < -0.4 is 0 Å². The van der Waals surface area contributed by atoms with E-state index in [0.717, 1.165) is 6.29 Å². The molecule has 2 N–H and O–H groups in total. The maximum atomic E-state index is 12.7. The van der Waals surface area contributed by atoms with Crippen molar-refractivity contribution >= 4 is 12.3 Å². The molecule has 2 saturated carbocycles. The Bertz CT molecular complexity index is 700. The summed E-state index contributed by atoms with van der Waals surface area (Å²) in [4.78, 5) is 24.4. The van der Waals surface area contributed by atoms with E-state index in [1.807, 2.05) is 13.8 Å². The summed E-state index contributed by atoms with van der Waals surface area (Å²) >= 11 is 0. The first-order chi connectivity index (χ1) is 13.2. The molecule has 0 aliphatic heterocycles. The van der Waals surface area contributed by atoms with Crippen LogP contribution in [0.4, 0.5) is 0 Å². The minimum Gasteiger partial charge on any atom is -0.472 e. The van der Waals surface area contributed by atoms with Crippen molar-refractivity contribution < 1.29 is 29.0 Å². The summed E-state index contributed by atoms with van der Waals surface area (Å²) in [6.45, 7) is 7.43. The largest absolute Gasteiger partial charge is 0.472 e. The lowest BCUT2D eigenvalue weighted by Crippen LogP contribution is -2.62. The van der Waals surface area contributed by atoms with Crippen LogP contribution in [0, 0.1) is 28.6 Å². The zero-order valence-corrected chi connectivity index (χ0v) is 17.1. The van der Waals surface area contributed by atoms with Crippen LogP contribution in [-0.2, 0) is 14.3 Å². The Morgan fingerprint density at radius 2 is 2.11 bits per heavy atom. The molecule has 1 heterocycles. The molecule has 0 aromatic carbocycles. The fourth-order valence-electron chi connectivity index (χ4n) is 6.00. The highest BCUT2D eigenvalue weighted by molar-refractivity contribution is 5.67. The number of aliphatic hydroxyl groups excluding tert-OH is 2. The smallest absolute Gasteiger partial charge is 0.302 e. The highest BCUT2D eigenvalue weighted by Gasteiger charge is 2.62. The van der Waals surface area contributed by atoms with Gasteiger partial charge in [-0.2, -0.15) is 0 Å². The summed E-state index contributed by atoms with van der Waals surface area (Å²) < 4.78 is 10.7. The van der Waals surface area contributed by atoms with E-state index in [-0.39, 0.29) is 35.6 Å². The van der Waals surface area contributed by atoms with Gasteiger partial charge in [0.05, 0.1) is 24.7 Å². The van der Waals surface area contributed by atoms with Crippen molar-refractivity contribution in [1.82, 2.24) is 0 Å². The number of fused-ring (bicyclic) bond motifs is 1. The molecule has 8 atom stereocenters. The van der Waals surface area contributed by atoms with Crippen LogP contribution >= 0.6 is 0 Å². The number of esters is 1. The Kier molecular flexibility index (Phi) is 5.74. The number of hydrogen-bond donors (Lipinski definition) is 2. The van der Waals surface area contributed by atoms with Gasteiger partial charge in [-0.05, 0) is 49.0 Å². The predicted octanol–water partition coefficient (Wildman–Crippen LogP) is 3.27. The second-order valence-corrected chi connectivity index (χ2v) is 9.14. The summed E-state index contributed by atoms with van der Waals surface area (Å²) in [5, 5.41) is 21.4. The Hall–Kier alpha value is -1.66. The zero-order chi connectivity index (χ0) is 20.7. The molecular weight excluding hydrogens is 360 g/mol. The third-order valence-corrected chi connectivity index (χ3v) is 7.87. The number of carbonyl (C=O) groups is 2. The first kappa shape index (κ1) is 21.1. The lowest BCUT2D eigenvalue weighted by atomic mass is 9.43. The summed E-state index contributed by atoms with van der Waals surface area (Å²) in [6, 6.07) is 1.70. The van der Waals surface area contributed by atoms with E-state index in [2.05, 4.69) is 6.92 Å². The highest BCUT2D eigenvalue weighted by atomic mass is 16.5. The normalized spacial score (nSPS) is 41.7. The van der Waals surface area contributed by atoms with Crippen LogP contribution in [0.25, 0.3) is 0 Å². The van der Waals surface area contributed by atoms with Crippen molar-refractivity contribution in [3.8, 4) is 0 Å². The monoisotopic (exact) mass is 392 g/mol. The summed E-state index contributed by atoms with van der Waals surface area (Å²) in [5.41, 5.74) is -0.604. The standard InChI is InChI=1S/C22H32O6/c1-13-17(25)5-6-20-21(13,4)10-19(28-15(3)24)14(2)22(20,12-23)9-18(26)16-7-8-27-11-16/h7-8,11-14,17-20,25-26H,5-6,9-10H2,1-4H3. The maximum absolute atomic E-state index is 12.7. The lowest BCUT2D eigenvalue weighted by Gasteiger charge is -2.62. The van der Waals surface area contributed by atoms with Crippen molar-refractivity contribution in [3.63, 3.8) is 0 Å². The molecule has 2 aliphatic rings. The van der Waals surface area contributed by atoms with Gasteiger partial charge in [-0.25, -0.2) is 0 Å². The van der Waals surface area contributed by atoms with E-state index in [0.29, 0.717) is 24.8 Å². The zero-order valence-electron chi connectivity index (χ0n) is 17.1. The molecule has 3 rings (SSSR count). The van der Waals surface area contributed by atoms with Gasteiger partial charge >= 0.3 is 5.97 Å². The van der Waals surface area contributed by atoms with Crippen molar-refractivity contribution in [2.24, 2.45) is 28.6 Å². The Morgan fingerprint density at radius 3 is 2.68 bits per heavy atom. The van der Waals surface area contributed by atoms with Gasteiger partial charge < -0.3 is 24.2 Å². The number of furan rings is 1. The minimum atomic E-state index is -0.863. The molecule has 1 aromatic rings. The quantitative estimate of drug-likeness (QED) is 0.590. The molecule has 2 fully saturated rings. The van der Waals surface area contributed by atoms with E-state index in [4.69, 9.17) is 9.15 Å². The number of hydrogen-bond acceptors (Lipinski definition) is 6. The molecule has 0 saturated heterocycles. The molecule has 6 heteroatoms. The molecule has 8 unspecified atom stereocenters. The molecule has 6 nitrogen and oxygen atoms in total. The topological polar surface area (TPSA) is 97.0 Å². The first-order valence-corrected chi connectivity index (χ1v) is 10.2. The third-order valence-electron chi connectivity index (χ3n) is 7.87. The molecule has 0 bridgehead atoms. The summed E-state index contributed by atoms with van der Waals surface area (Å²) in [6.07, 6.45) is 4.40. The molecule has 1 aromatic heterocycles. The van der Waals surface area contributed by atoms with Crippen LogP contribution in [0.3, 0.4) is 0 Å². The fraction of sp³-hybridized carbons (Fsp3) is 0.727. The molecular formula is C22H32O6. The van der Waals surface area contributed by atoms with Crippen LogP contribution in [0.1, 0.15) is 65.0 Å². The van der Waals surface area contributed by atoms with Gasteiger partial charge in [0.25, 0.3) is 0 Å². The van der Waals surface area contributed by atoms with Gasteiger partial charge in [-0.15, -0.1) is 0 Å². The van der Waals surface area contributed by atoms with Crippen molar-refractivity contribution in [3.05, 3.63) is 24.2 Å². The van der Waals surface area contributed by atoms with Gasteiger partial charge in [0.1, 0.15) is 12.4 Å². The van der Waals surface area contributed by atoms with Crippen LogP contribution in [-0.4, -0.2) is 34.7 Å². The van der Waals surface area contributed by atoms with Crippen molar-refractivity contribution in [2.75, 3.05) is 0 Å². The average Bonchev–Trinajstić information content (AvgIpc) is 3.17. The van der Waals surface area contributed by atoms with Gasteiger partial charge in [0, 0.05) is 23.8 Å². The Labute approximate surface area is 166 Å². The first-order valence-electron chi connectivity index (χ1n) is 10.2. The predicted molar refractivity (Wildman–Crippen MR) is 102 cm³/mol. The van der Waals surface area contributed by atoms with Crippen molar-refractivity contribution in [1.29, 1.82) is 0 Å². The van der Waals surface area contributed by atoms with Gasteiger partial charge in [-0.3, -0.25) is 4.79 Å². The second kappa shape index (κ2) is 7.64. The molecule has 156 valence electrons. The lowest BCUT2D eigenvalue weighted by molar-refractivity contribution is -0.203. The number of carbonyl (C=O) groups excluding carboxylic acids is 2. The van der Waals surface area contributed by atoms with Gasteiger partial charge in [0.2, 0.25) is 0 Å². The molecule has 2 aliphatic carbocycles. The SMILES string of the molecule is CC(=O)OC1CC2(C)C(C)C(O)CCC2C(C=O)(CC(O)c2ccoc2)C1C. The average molecular weight is 392 g/mol. The maximum Gasteiger partial charge on any atom is 0.302 e. The van der Waals surface area contributed by atoms with E-state index < -0.39 is 23.7 Å². The van der Waals surface area contributed by atoms with Crippen LogP contribution in [0.2, 0.25) is 0 Å². The van der Waals surface area contributed by atoms with E-state index in [9.17, 15) is 19.8 Å². The number of ether oxygens (including phenoxy) is 1. The van der Waals surface area contributed by atoms with E-state index >= 15 is 0 Å². The fourth-order valence-corrected chi connectivity index (χ4v) is 6.00. The van der Waals surface area contributed by atoms with Crippen LogP contribution in [0.15, 0.2) is 23.0 Å². The van der Waals surface area contributed by atoms with Gasteiger partial charge in [-0.1, -0.05) is 20.8 Å². The number of rotatable bonds is 5. The van der Waals surface area contributed by atoms with E-state index in [1.54, 1.807) is 6.07 Å². The number of aldehydes is 1. The molecule has 0 amide bonds. The highest BCUT2D eigenvalue weighted by Crippen LogP contribution is 2.63. The molecule has 0 radical (unpaired) electrons. The van der Waals surface area contributed by atoms with E-state index in [1.165, 1.54) is 19.5 Å². The Balaban J connectivity index is 2.05. The summed E-state index contributed by atoms with van der Waals surface area (Å²) in [7, 11) is 0. The molecule has 0 spiro atoms. The second-order valence-electron chi connectivity index (χ2n) is 9.14. The van der Waals surface area contributed by atoms with Gasteiger partial charge in [0.15, 0.2) is 0 Å². The van der Waals surface area contributed by atoms with Crippen LogP contribution in [0.5, 0.6) is 0 Å². The minimum absolute atomic E-state index is 0.0146. The Morgan fingerprint density at radius 1 is 1.39 bits per heavy atom.